The maximum absolute atomic E-state index is 12.2. The molecule has 2 N–H and O–H groups in total. The van der Waals surface area contributed by atoms with Crippen molar-refractivity contribution in [3.05, 3.63) is 64.7 Å². The van der Waals surface area contributed by atoms with Gasteiger partial charge in [-0.25, -0.2) is 8.42 Å². The van der Waals surface area contributed by atoms with Gasteiger partial charge in [0.15, 0.2) is 0 Å². The molecule has 4 nitrogen and oxygen atoms in total. The van der Waals surface area contributed by atoms with Gasteiger partial charge in [0.2, 0.25) is 10.0 Å². The first-order chi connectivity index (χ1) is 9.98. The Morgan fingerprint density at radius 3 is 2.38 bits per heavy atom. The third-order valence-electron chi connectivity index (χ3n) is 2.85. The summed E-state index contributed by atoms with van der Waals surface area (Å²) in [5, 5.41) is 3.61. The first-order valence-electron chi connectivity index (χ1n) is 6.47. The highest BCUT2D eigenvalue weighted by molar-refractivity contribution is 7.91. The number of benzene rings is 2. The number of halogens is 1. The fourth-order valence-electron chi connectivity index (χ4n) is 1.99. The van der Waals surface area contributed by atoms with Crippen molar-refractivity contribution in [1.29, 1.82) is 0 Å². The average Bonchev–Trinajstić information content (AvgIpc) is 2.41. The second-order valence-corrected chi connectivity index (χ2v) is 6.88. The molecule has 0 heterocycles. The summed E-state index contributed by atoms with van der Waals surface area (Å²) in [5.74, 6) is -0.0623. The van der Waals surface area contributed by atoms with E-state index in [1.54, 1.807) is 30.3 Å². The predicted molar refractivity (Wildman–Crippen MR) is 86.9 cm³/mol. The minimum atomic E-state index is -3.45. The summed E-state index contributed by atoms with van der Waals surface area (Å²) in [6.07, 6.45) is 0. The molecule has 0 atom stereocenters. The van der Waals surface area contributed by atoms with Crippen LogP contribution in [0, 0.1) is 0 Å². The third-order valence-corrected chi connectivity index (χ3v) is 4.36. The highest BCUT2D eigenvalue weighted by atomic mass is 35.5. The monoisotopic (exact) mass is 324 g/mol. The van der Waals surface area contributed by atoms with E-state index in [1.807, 2.05) is 25.2 Å². The molecule has 0 aliphatic heterocycles. The van der Waals surface area contributed by atoms with E-state index >= 15 is 0 Å². The third kappa shape index (κ3) is 5.04. The Morgan fingerprint density at radius 2 is 1.71 bits per heavy atom. The van der Waals surface area contributed by atoms with Crippen molar-refractivity contribution in [2.45, 2.75) is 12.3 Å². The Balaban J connectivity index is 2.10. The lowest BCUT2D eigenvalue weighted by Crippen LogP contribution is -2.15. The quantitative estimate of drug-likeness (QED) is 0.858. The van der Waals surface area contributed by atoms with Crippen LogP contribution in [0.1, 0.15) is 11.1 Å². The van der Waals surface area contributed by atoms with E-state index in [2.05, 4.69) is 10.0 Å². The molecule has 0 spiro atoms. The van der Waals surface area contributed by atoms with E-state index in [9.17, 15) is 8.42 Å². The number of sulfonamides is 1. The number of hydrogen-bond acceptors (Lipinski definition) is 3. The zero-order chi connectivity index (χ0) is 15.3. The van der Waals surface area contributed by atoms with Crippen LogP contribution in [0.4, 0.5) is 5.69 Å². The fraction of sp³-hybridized carbons (Fsp3) is 0.200. The van der Waals surface area contributed by atoms with Gasteiger partial charge < -0.3 is 5.32 Å². The Labute approximate surface area is 130 Å². The van der Waals surface area contributed by atoms with Crippen LogP contribution in [0.25, 0.3) is 0 Å². The van der Waals surface area contributed by atoms with Crippen molar-refractivity contribution in [3.8, 4) is 0 Å². The van der Waals surface area contributed by atoms with E-state index < -0.39 is 10.0 Å². The smallest absolute Gasteiger partial charge is 0.236 e. The molecular formula is C15H17ClN2O2S. The molecule has 2 rings (SSSR count). The summed E-state index contributed by atoms with van der Waals surface area (Å²) in [5.41, 5.74) is 2.31. The van der Waals surface area contributed by atoms with Crippen LogP contribution in [0.5, 0.6) is 0 Å². The molecule has 0 radical (unpaired) electrons. The van der Waals surface area contributed by atoms with Crippen molar-refractivity contribution in [3.63, 3.8) is 0 Å². The summed E-state index contributed by atoms with van der Waals surface area (Å²) in [6.45, 7) is 0.707. The van der Waals surface area contributed by atoms with Crippen molar-refractivity contribution < 1.29 is 8.42 Å². The number of anilines is 1. The lowest BCUT2D eigenvalue weighted by Gasteiger charge is -2.09. The topological polar surface area (TPSA) is 58.2 Å². The molecule has 21 heavy (non-hydrogen) atoms. The van der Waals surface area contributed by atoms with Gasteiger partial charge in [-0.3, -0.25) is 4.72 Å². The molecule has 2 aromatic carbocycles. The Bertz CT molecular complexity index is 700. The van der Waals surface area contributed by atoms with Gasteiger partial charge >= 0.3 is 0 Å². The average molecular weight is 325 g/mol. The van der Waals surface area contributed by atoms with Crippen LogP contribution >= 0.6 is 11.6 Å². The minimum Gasteiger partial charge on any atom is -0.316 e. The highest BCUT2D eigenvalue weighted by Gasteiger charge is 2.12. The highest BCUT2D eigenvalue weighted by Crippen LogP contribution is 2.16. The molecule has 0 aliphatic rings. The van der Waals surface area contributed by atoms with Gasteiger partial charge in [0.05, 0.1) is 5.75 Å². The predicted octanol–water partition coefficient (Wildman–Crippen LogP) is 3.00. The lowest BCUT2D eigenvalue weighted by atomic mass is 10.1. The van der Waals surface area contributed by atoms with Gasteiger partial charge in [-0.2, -0.15) is 0 Å². The molecular weight excluding hydrogens is 308 g/mol. The summed E-state index contributed by atoms with van der Waals surface area (Å²) < 4.78 is 26.9. The summed E-state index contributed by atoms with van der Waals surface area (Å²) in [7, 11) is -1.59. The van der Waals surface area contributed by atoms with Crippen LogP contribution in [0.2, 0.25) is 5.02 Å². The molecule has 112 valence electrons. The zero-order valence-electron chi connectivity index (χ0n) is 11.6. The van der Waals surface area contributed by atoms with Gasteiger partial charge in [0.25, 0.3) is 0 Å². The van der Waals surface area contributed by atoms with Gasteiger partial charge in [-0.15, -0.1) is 0 Å². The molecule has 0 saturated heterocycles. The van der Waals surface area contributed by atoms with E-state index in [4.69, 9.17) is 11.6 Å². The maximum Gasteiger partial charge on any atom is 0.236 e. The van der Waals surface area contributed by atoms with Crippen LogP contribution in [-0.4, -0.2) is 15.5 Å². The van der Waals surface area contributed by atoms with Gasteiger partial charge in [-0.05, 0) is 42.4 Å². The Hall–Kier alpha value is -1.56. The van der Waals surface area contributed by atoms with E-state index in [0.717, 1.165) is 11.1 Å². The van der Waals surface area contributed by atoms with Crippen LogP contribution in [0.3, 0.4) is 0 Å². The molecule has 0 bridgehead atoms. The SMILES string of the molecule is CNCc1cccc(CS(=O)(=O)Nc2ccc(Cl)cc2)c1. The van der Waals surface area contributed by atoms with E-state index in [-0.39, 0.29) is 5.75 Å². The molecule has 2 aromatic rings. The molecule has 0 aliphatic carbocycles. The molecule has 0 saturated carbocycles. The van der Waals surface area contributed by atoms with Gasteiger partial charge in [0, 0.05) is 17.3 Å². The van der Waals surface area contributed by atoms with Crippen LogP contribution in [0.15, 0.2) is 48.5 Å². The second kappa shape index (κ2) is 6.93. The summed E-state index contributed by atoms with van der Waals surface area (Å²) >= 11 is 5.78. The van der Waals surface area contributed by atoms with E-state index in [1.165, 1.54) is 0 Å². The van der Waals surface area contributed by atoms with Crippen molar-refractivity contribution in [1.82, 2.24) is 5.32 Å². The number of hydrogen-bond donors (Lipinski definition) is 2. The summed E-state index contributed by atoms with van der Waals surface area (Å²) in [4.78, 5) is 0. The number of nitrogens with one attached hydrogen (secondary N) is 2. The standard InChI is InChI=1S/C15H17ClN2O2S/c1-17-10-12-3-2-4-13(9-12)11-21(19,20)18-15-7-5-14(16)6-8-15/h2-9,17-18H,10-11H2,1H3. The summed E-state index contributed by atoms with van der Waals surface area (Å²) in [6, 6.07) is 14.1. The minimum absolute atomic E-state index is 0.0623. The normalized spacial score (nSPS) is 11.3. The zero-order valence-corrected chi connectivity index (χ0v) is 13.2. The molecule has 0 amide bonds. The van der Waals surface area contributed by atoms with Crippen LogP contribution in [-0.2, 0) is 22.3 Å². The molecule has 0 fully saturated rings. The fourth-order valence-corrected chi connectivity index (χ4v) is 3.30. The van der Waals surface area contributed by atoms with Gasteiger partial charge in [-0.1, -0.05) is 35.9 Å². The van der Waals surface area contributed by atoms with Crippen molar-refractivity contribution in [2.75, 3.05) is 11.8 Å². The Morgan fingerprint density at radius 1 is 1.05 bits per heavy atom. The number of rotatable bonds is 6. The maximum atomic E-state index is 12.2. The largest absolute Gasteiger partial charge is 0.316 e. The second-order valence-electron chi connectivity index (χ2n) is 4.72. The first kappa shape index (κ1) is 15.8. The van der Waals surface area contributed by atoms with Crippen molar-refractivity contribution >= 4 is 27.3 Å². The van der Waals surface area contributed by atoms with Gasteiger partial charge in [0.1, 0.15) is 0 Å². The van der Waals surface area contributed by atoms with Crippen molar-refractivity contribution in [2.24, 2.45) is 0 Å². The molecule has 6 heteroatoms. The molecule has 0 aromatic heterocycles. The van der Waals surface area contributed by atoms with E-state index in [0.29, 0.717) is 17.3 Å². The van der Waals surface area contributed by atoms with Crippen LogP contribution < -0.4 is 10.0 Å². The molecule has 0 unspecified atom stereocenters. The first-order valence-corrected chi connectivity index (χ1v) is 8.50. The lowest BCUT2D eigenvalue weighted by molar-refractivity contribution is 0.600. The Kier molecular flexibility index (Phi) is 5.22.